The molecule has 0 spiro atoms. The first-order valence-corrected chi connectivity index (χ1v) is 37.5. The highest BCUT2D eigenvalue weighted by atomic mass is 15.0. The lowest BCUT2D eigenvalue weighted by Crippen LogP contribution is -1.95. The normalized spacial score (nSPS) is 11.8. The Bertz CT molecular complexity index is 7160. The molecule has 0 amide bonds. The highest BCUT2D eigenvalue weighted by molar-refractivity contribution is 6.34. The molecule has 9 heteroatoms. The summed E-state index contributed by atoms with van der Waals surface area (Å²) in [6.07, 6.45) is 14.9. The Morgan fingerprint density at radius 1 is 0.189 bits per heavy atom. The molecule has 0 saturated heterocycles. The van der Waals surface area contributed by atoms with Crippen molar-refractivity contribution in [2.45, 2.75) is 0 Å². The Kier molecular flexibility index (Phi) is 14.7. The van der Waals surface area contributed by atoms with Crippen LogP contribution in [0.2, 0.25) is 0 Å². The van der Waals surface area contributed by atoms with Gasteiger partial charge < -0.3 is 13.7 Å². The molecule has 516 valence electrons. The first kappa shape index (κ1) is 63.2. The Labute approximate surface area is 636 Å². The fourth-order valence-electron chi connectivity index (χ4n) is 17.5. The van der Waals surface area contributed by atoms with Crippen LogP contribution in [0.4, 0.5) is 0 Å². The summed E-state index contributed by atoms with van der Waals surface area (Å²) >= 11 is 0. The second-order valence-corrected chi connectivity index (χ2v) is 28.5. The van der Waals surface area contributed by atoms with Crippen LogP contribution in [0.3, 0.4) is 0 Å². The molecule has 0 aliphatic heterocycles. The van der Waals surface area contributed by atoms with Gasteiger partial charge in [0.25, 0.3) is 0 Å². The summed E-state index contributed by atoms with van der Waals surface area (Å²) in [6.45, 7) is 0. The van der Waals surface area contributed by atoms with E-state index in [1.807, 2.05) is 86.0 Å². The van der Waals surface area contributed by atoms with Gasteiger partial charge in [-0.05, 0) is 205 Å². The predicted octanol–water partition coefficient (Wildman–Crippen LogP) is 26.1. The van der Waals surface area contributed by atoms with Gasteiger partial charge in [-0.3, -0.25) is 29.9 Å². The van der Waals surface area contributed by atoms with Crippen molar-refractivity contribution in [2.75, 3.05) is 0 Å². The summed E-state index contributed by atoms with van der Waals surface area (Å²) in [7, 11) is 0. The molecular formula is C102H63N9. The number of rotatable bonds is 6. The third-order valence-electron chi connectivity index (χ3n) is 22.4. The molecule has 9 nitrogen and oxygen atoms in total. The quantitative estimate of drug-likeness (QED) is 0.154. The second-order valence-electron chi connectivity index (χ2n) is 28.5. The number of hydrogen-bond acceptors (Lipinski definition) is 6. The number of nitrogens with zero attached hydrogens (tertiary/aromatic N) is 9. The van der Waals surface area contributed by atoms with Crippen LogP contribution in [0, 0.1) is 0 Å². The predicted molar refractivity (Wildman–Crippen MR) is 463 cm³/mol. The van der Waals surface area contributed by atoms with E-state index in [4.69, 9.17) is 15.0 Å². The summed E-state index contributed by atoms with van der Waals surface area (Å²) in [5.41, 5.74) is 20.5. The topological polar surface area (TPSA) is 92.1 Å². The van der Waals surface area contributed by atoms with Crippen molar-refractivity contribution in [3.63, 3.8) is 0 Å². The molecule has 111 heavy (non-hydrogen) atoms. The molecule has 15 aromatic carbocycles. The molecule has 24 aromatic rings. The molecule has 24 rings (SSSR count). The lowest BCUT2D eigenvalue weighted by molar-refractivity contribution is 1.19. The maximum absolute atomic E-state index is 4.84. The largest absolute Gasteiger partial charge is 0.309 e. The van der Waals surface area contributed by atoms with Gasteiger partial charge in [0, 0.05) is 142 Å². The van der Waals surface area contributed by atoms with Crippen LogP contribution in [0.5, 0.6) is 0 Å². The van der Waals surface area contributed by atoms with Gasteiger partial charge in [0.15, 0.2) is 0 Å². The minimum atomic E-state index is 0.988. The number of hydrogen-bond donors (Lipinski definition) is 0. The van der Waals surface area contributed by atoms with Gasteiger partial charge in [0.2, 0.25) is 0 Å². The molecule has 9 heterocycles. The zero-order valence-corrected chi connectivity index (χ0v) is 59.9. The Balaban J connectivity index is 0.000000102. The number of fused-ring (bicyclic) bond motifs is 27. The van der Waals surface area contributed by atoms with E-state index < -0.39 is 0 Å². The summed E-state index contributed by atoms with van der Waals surface area (Å²) in [5.74, 6) is 0. The molecule has 0 N–H and O–H groups in total. The number of benzene rings is 15. The van der Waals surface area contributed by atoms with Crippen molar-refractivity contribution in [1.82, 2.24) is 43.6 Å². The Morgan fingerprint density at radius 3 is 0.928 bits per heavy atom. The van der Waals surface area contributed by atoms with E-state index in [-0.39, 0.29) is 0 Å². The molecule has 0 bridgehead atoms. The van der Waals surface area contributed by atoms with Gasteiger partial charge >= 0.3 is 0 Å². The highest BCUT2D eigenvalue weighted by Gasteiger charge is 2.24. The van der Waals surface area contributed by atoms with E-state index in [2.05, 4.69) is 326 Å². The van der Waals surface area contributed by atoms with E-state index in [1.54, 1.807) is 0 Å². The Hall–Kier alpha value is -15.1. The van der Waals surface area contributed by atoms with Crippen molar-refractivity contribution < 1.29 is 0 Å². The van der Waals surface area contributed by atoms with Crippen LogP contribution in [0.15, 0.2) is 383 Å². The second kappa shape index (κ2) is 25.9. The summed E-state index contributed by atoms with van der Waals surface area (Å²) in [6, 6.07) is 119. The third kappa shape index (κ3) is 10.3. The van der Waals surface area contributed by atoms with Crippen LogP contribution in [0.1, 0.15) is 0 Å². The van der Waals surface area contributed by atoms with Crippen molar-refractivity contribution in [3.8, 4) is 50.6 Å². The van der Waals surface area contributed by atoms with E-state index in [1.165, 1.54) is 158 Å². The summed E-state index contributed by atoms with van der Waals surface area (Å²) < 4.78 is 7.24. The molecule has 0 radical (unpaired) electrons. The number of para-hydroxylation sites is 3. The van der Waals surface area contributed by atoms with Gasteiger partial charge in [-0.25, -0.2) is 0 Å². The van der Waals surface area contributed by atoms with E-state index in [0.717, 1.165) is 55.8 Å². The molecular weight excluding hydrogens is 1350 g/mol. The number of aromatic nitrogens is 9. The first-order chi connectivity index (χ1) is 55.1. The van der Waals surface area contributed by atoms with Crippen LogP contribution in [-0.2, 0) is 0 Å². The van der Waals surface area contributed by atoms with E-state index >= 15 is 0 Å². The Morgan fingerprint density at radius 2 is 0.523 bits per heavy atom. The van der Waals surface area contributed by atoms with Gasteiger partial charge in [0.1, 0.15) is 0 Å². The van der Waals surface area contributed by atoms with Gasteiger partial charge in [-0.15, -0.1) is 0 Å². The average molecular weight is 1410 g/mol. The van der Waals surface area contributed by atoms with Crippen LogP contribution >= 0.6 is 0 Å². The van der Waals surface area contributed by atoms with Gasteiger partial charge in [0.05, 0.1) is 55.3 Å². The van der Waals surface area contributed by atoms with Crippen LogP contribution < -0.4 is 0 Å². The van der Waals surface area contributed by atoms with Crippen molar-refractivity contribution >= 4 is 163 Å². The summed E-state index contributed by atoms with van der Waals surface area (Å²) in [4.78, 5) is 27.5. The lowest BCUT2D eigenvalue weighted by atomic mass is 9.99. The molecule has 0 saturated carbocycles. The summed E-state index contributed by atoms with van der Waals surface area (Å²) in [5, 5.41) is 25.6. The average Bonchev–Trinajstić information content (AvgIpc) is 1.58. The smallest absolute Gasteiger partial charge is 0.0801 e. The van der Waals surface area contributed by atoms with Crippen molar-refractivity contribution in [1.29, 1.82) is 0 Å². The van der Waals surface area contributed by atoms with E-state index in [0.29, 0.717) is 0 Å². The standard InChI is InChI=1S/3C34H21N3/c1-2-9-28-27(8-1)32-29-10-3-4-12-31(29)37(34(32)30-11-6-18-36-33(28)30)26-16-15-22-19-23(13-14-24(22)20-26)25-7-5-17-35-21-25;1-2-9-27-26(8-1)32-28-10-3-4-13-31(28)37(34(32)29-11-7-19-36-33(27)29)25-17-16-22-20-24(15-14-23(22)21-25)30-12-5-6-18-35-30;1-2-7-28-27(6-1)32-29-8-3-4-10-31(29)37(34(32)30-9-5-17-36-33(28)30)26-14-13-24-20-23(11-12-25(24)21-26)22-15-18-35-19-16-22/h3*1-21H. The third-order valence-corrected chi connectivity index (χ3v) is 22.4. The fraction of sp³-hybridized carbons (Fsp3) is 0. The maximum Gasteiger partial charge on any atom is 0.0801 e. The fourth-order valence-corrected chi connectivity index (χ4v) is 17.5. The zero-order chi connectivity index (χ0) is 73.0. The molecule has 0 aliphatic carbocycles. The SMILES string of the molecule is c1ccc(-c2ccc3cc(-n4c5ccccc5c5c6ccccc6c6ncccc6c54)ccc3c2)nc1.c1ccc2c(c1)c1ncccc1c1c2c2ccccc2n1-c1ccc2cc(-c3ccncc3)ccc2c1.c1cncc(-c2ccc3cc(-n4c5ccccc5c5c6ccccc6c6ncccc6c54)ccc3c2)c1. The molecule has 0 atom stereocenters. The number of pyridine rings is 6. The molecule has 0 fully saturated rings. The van der Waals surface area contributed by atoms with Crippen LogP contribution in [-0.4, -0.2) is 43.6 Å². The lowest BCUT2D eigenvalue weighted by Gasteiger charge is -2.13. The first-order valence-electron chi connectivity index (χ1n) is 37.5. The highest BCUT2D eigenvalue weighted by Crippen LogP contribution is 2.47. The van der Waals surface area contributed by atoms with Crippen molar-refractivity contribution in [3.05, 3.63) is 383 Å². The molecule has 0 aliphatic rings. The molecule has 9 aromatic heterocycles. The molecule has 0 unspecified atom stereocenters. The maximum atomic E-state index is 4.84. The van der Waals surface area contributed by atoms with Crippen molar-refractivity contribution in [2.24, 2.45) is 0 Å². The minimum absolute atomic E-state index is 0.988. The monoisotopic (exact) mass is 1410 g/mol. The van der Waals surface area contributed by atoms with Crippen LogP contribution in [0.25, 0.3) is 213 Å². The van der Waals surface area contributed by atoms with Gasteiger partial charge in [-0.1, -0.05) is 194 Å². The minimum Gasteiger partial charge on any atom is -0.309 e. The van der Waals surface area contributed by atoms with Gasteiger partial charge in [-0.2, -0.15) is 0 Å². The van der Waals surface area contributed by atoms with E-state index in [9.17, 15) is 0 Å². The zero-order valence-electron chi connectivity index (χ0n) is 59.9.